The predicted octanol–water partition coefficient (Wildman–Crippen LogP) is 2.76. The average Bonchev–Trinajstić information content (AvgIpc) is 2.47. The number of nitro groups is 1. The normalized spacial score (nSPS) is 11.8. The Morgan fingerprint density at radius 3 is 2.62 bits per heavy atom. The van der Waals surface area contributed by atoms with Gasteiger partial charge in [-0.15, -0.1) is 0 Å². The van der Waals surface area contributed by atoms with Gasteiger partial charge in [0.05, 0.1) is 11.0 Å². The Labute approximate surface area is 122 Å². The largest absolute Gasteiger partial charge is 0.358 e. The fourth-order valence-corrected chi connectivity index (χ4v) is 2.14. The number of nitrogens with one attached hydrogen (secondary N) is 2. The van der Waals surface area contributed by atoms with Crippen molar-refractivity contribution in [2.24, 2.45) is 5.84 Å². The molecule has 2 rings (SSSR count). The molecular formula is C14H17N5O2. The number of hydrazine groups is 1. The number of pyridine rings is 1. The molecule has 0 aliphatic heterocycles. The van der Waals surface area contributed by atoms with Crippen molar-refractivity contribution >= 4 is 17.3 Å². The van der Waals surface area contributed by atoms with Crippen LogP contribution in [-0.2, 0) is 0 Å². The lowest BCUT2D eigenvalue weighted by atomic mass is 10.0. The van der Waals surface area contributed by atoms with Gasteiger partial charge in [0, 0.05) is 6.07 Å². The first-order valence-electron chi connectivity index (χ1n) is 6.47. The van der Waals surface area contributed by atoms with Crippen LogP contribution in [0.5, 0.6) is 0 Å². The average molecular weight is 287 g/mol. The molecule has 1 heterocycles. The summed E-state index contributed by atoms with van der Waals surface area (Å²) in [7, 11) is 0. The van der Waals surface area contributed by atoms with E-state index in [1.165, 1.54) is 12.1 Å². The van der Waals surface area contributed by atoms with Crippen LogP contribution >= 0.6 is 0 Å². The van der Waals surface area contributed by atoms with E-state index in [-0.39, 0.29) is 17.5 Å². The Bertz CT molecular complexity index is 660. The molecule has 7 heteroatoms. The van der Waals surface area contributed by atoms with Gasteiger partial charge in [-0.3, -0.25) is 10.1 Å². The van der Waals surface area contributed by atoms with E-state index in [1.54, 1.807) is 0 Å². The summed E-state index contributed by atoms with van der Waals surface area (Å²) in [6, 6.07) is 10.6. The van der Waals surface area contributed by atoms with Gasteiger partial charge in [-0.05, 0) is 31.0 Å². The lowest BCUT2D eigenvalue weighted by Gasteiger charge is -2.17. The van der Waals surface area contributed by atoms with E-state index in [2.05, 4.69) is 15.7 Å². The van der Waals surface area contributed by atoms with E-state index in [0.29, 0.717) is 5.82 Å². The third-order valence-corrected chi connectivity index (χ3v) is 3.23. The summed E-state index contributed by atoms with van der Waals surface area (Å²) in [6.45, 7) is 3.92. The SMILES string of the molecule is Cc1ccccc1C(C)Nc1nc(NN)ccc1[N+](=O)[O-]. The van der Waals surface area contributed by atoms with Crippen molar-refractivity contribution in [3.8, 4) is 0 Å². The third-order valence-electron chi connectivity index (χ3n) is 3.23. The lowest BCUT2D eigenvalue weighted by molar-refractivity contribution is -0.384. The number of nitrogen functional groups attached to an aromatic ring is 1. The first-order chi connectivity index (χ1) is 10.0. The Hall–Kier alpha value is -2.67. The van der Waals surface area contributed by atoms with E-state index >= 15 is 0 Å². The van der Waals surface area contributed by atoms with E-state index in [9.17, 15) is 10.1 Å². The monoisotopic (exact) mass is 287 g/mol. The molecule has 0 aliphatic rings. The van der Waals surface area contributed by atoms with Crippen molar-refractivity contribution < 1.29 is 4.92 Å². The molecule has 0 saturated heterocycles. The molecule has 2 aromatic rings. The number of benzene rings is 1. The molecule has 1 unspecified atom stereocenters. The van der Waals surface area contributed by atoms with Crippen molar-refractivity contribution in [1.29, 1.82) is 0 Å². The van der Waals surface area contributed by atoms with E-state index in [0.717, 1.165) is 11.1 Å². The second-order valence-corrected chi connectivity index (χ2v) is 4.69. The number of hydrogen-bond acceptors (Lipinski definition) is 6. The molecule has 0 fully saturated rings. The number of nitrogens with two attached hydrogens (primary N) is 1. The zero-order chi connectivity index (χ0) is 15.4. The minimum absolute atomic E-state index is 0.0885. The zero-order valence-corrected chi connectivity index (χ0v) is 11.8. The van der Waals surface area contributed by atoms with E-state index < -0.39 is 4.92 Å². The number of rotatable bonds is 5. The molecule has 7 nitrogen and oxygen atoms in total. The fourth-order valence-electron chi connectivity index (χ4n) is 2.14. The molecule has 0 saturated carbocycles. The Balaban J connectivity index is 2.34. The maximum Gasteiger partial charge on any atom is 0.311 e. The highest BCUT2D eigenvalue weighted by atomic mass is 16.6. The molecule has 21 heavy (non-hydrogen) atoms. The van der Waals surface area contributed by atoms with E-state index in [4.69, 9.17) is 5.84 Å². The second kappa shape index (κ2) is 6.19. The molecule has 1 aromatic heterocycles. The summed E-state index contributed by atoms with van der Waals surface area (Å²) >= 11 is 0. The number of aryl methyl sites for hydroxylation is 1. The molecular weight excluding hydrogens is 270 g/mol. The van der Waals surface area contributed by atoms with Crippen LogP contribution in [0.1, 0.15) is 24.1 Å². The van der Waals surface area contributed by atoms with Gasteiger partial charge in [0.2, 0.25) is 5.82 Å². The van der Waals surface area contributed by atoms with Crippen LogP contribution in [0.25, 0.3) is 0 Å². The number of anilines is 2. The number of aromatic nitrogens is 1. The summed E-state index contributed by atoms with van der Waals surface area (Å²) < 4.78 is 0. The second-order valence-electron chi connectivity index (χ2n) is 4.69. The molecule has 1 aromatic carbocycles. The van der Waals surface area contributed by atoms with Crippen LogP contribution in [0.4, 0.5) is 17.3 Å². The standard InChI is InChI=1S/C14H17N5O2/c1-9-5-3-4-6-11(9)10(2)16-14-12(19(20)21)7-8-13(17-14)18-15/h3-8,10H,15H2,1-2H3,(H2,16,17,18). The smallest absolute Gasteiger partial charge is 0.311 e. The van der Waals surface area contributed by atoms with Crippen LogP contribution in [-0.4, -0.2) is 9.91 Å². The topological polar surface area (TPSA) is 106 Å². The lowest BCUT2D eigenvalue weighted by Crippen LogP contribution is -2.14. The molecule has 0 spiro atoms. The fraction of sp³-hybridized carbons (Fsp3) is 0.214. The number of hydrogen-bond donors (Lipinski definition) is 3. The molecule has 4 N–H and O–H groups in total. The van der Waals surface area contributed by atoms with Crippen molar-refractivity contribution in [2.75, 3.05) is 10.7 Å². The van der Waals surface area contributed by atoms with Gasteiger partial charge < -0.3 is 10.7 Å². The summed E-state index contributed by atoms with van der Waals surface area (Å²) in [5, 5.41) is 14.2. The van der Waals surface area contributed by atoms with Crippen LogP contribution in [0.2, 0.25) is 0 Å². The molecule has 110 valence electrons. The van der Waals surface area contributed by atoms with Gasteiger partial charge in [0.25, 0.3) is 0 Å². The van der Waals surface area contributed by atoms with Crippen molar-refractivity contribution in [2.45, 2.75) is 19.9 Å². The van der Waals surface area contributed by atoms with Crippen LogP contribution < -0.4 is 16.6 Å². The van der Waals surface area contributed by atoms with Gasteiger partial charge in [-0.2, -0.15) is 0 Å². The van der Waals surface area contributed by atoms with Gasteiger partial charge in [-0.1, -0.05) is 24.3 Å². The Morgan fingerprint density at radius 1 is 1.29 bits per heavy atom. The predicted molar refractivity (Wildman–Crippen MR) is 81.9 cm³/mol. The molecule has 0 amide bonds. The Morgan fingerprint density at radius 2 is 2.00 bits per heavy atom. The summed E-state index contributed by atoms with van der Waals surface area (Å²) in [4.78, 5) is 14.7. The van der Waals surface area contributed by atoms with Crippen molar-refractivity contribution in [3.63, 3.8) is 0 Å². The molecule has 0 radical (unpaired) electrons. The van der Waals surface area contributed by atoms with Crippen molar-refractivity contribution in [1.82, 2.24) is 4.98 Å². The van der Waals surface area contributed by atoms with E-state index in [1.807, 2.05) is 38.1 Å². The summed E-state index contributed by atoms with van der Waals surface area (Å²) in [5.74, 6) is 5.85. The van der Waals surface area contributed by atoms with Crippen LogP contribution in [0.15, 0.2) is 36.4 Å². The maximum absolute atomic E-state index is 11.1. The third kappa shape index (κ3) is 3.26. The first kappa shape index (κ1) is 14.7. The van der Waals surface area contributed by atoms with Gasteiger partial charge in [-0.25, -0.2) is 10.8 Å². The highest BCUT2D eigenvalue weighted by Gasteiger charge is 2.18. The minimum Gasteiger partial charge on any atom is -0.358 e. The molecule has 0 bridgehead atoms. The number of nitrogens with zero attached hydrogens (tertiary/aromatic N) is 2. The quantitative estimate of drug-likeness (QED) is 0.443. The molecule has 0 aliphatic carbocycles. The highest BCUT2D eigenvalue weighted by molar-refractivity contribution is 5.61. The minimum atomic E-state index is -0.472. The summed E-state index contributed by atoms with van der Waals surface area (Å²) in [6.07, 6.45) is 0. The van der Waals surface area contributed by atoms with Crippen molar-refractivity contribution in [3.05, 3.63) is 57.6 Å². The van der Waals surface area contributed by atoms with Crippen LogP contribution in [0.3, 0.4) is 0 Å². The van der Waals surface area contributed by atoms with Gasteiger partial charge in [0.1, 0.15) is 5.82 Å². The van der Waals surface area contributed by atoms with Crippen LogP contribution in [0, 0.1) is 17.0 Å². The molecule has 1 atom stereocenters. The zero-order valence-electron chi connectivity index (χ0n) is 11.8. The van der Waals surface area contributed by atoms with Gasteiger partial charge >= 0.3 is 5.69 Å². The van der Waals surface area contributed by atoms with Gasteiger partial charge in [0.15, 0.2) is 0 Å². The first-order valence-corrected chi connectivity index (χ1v) is 6.47. The highest BCUT2D eigenvalue weighted by Crippen LogP contribution is 2.28. The Kier molecular flexibility index (Phi) is 4.34. The summed E-state index contributed by atoms with van der Waals surface area (Å²) in [5.41, 5.74) is 4.46. The maximum atomic E-state index is 11.1.